The fourth-order valence-corrected chi connectivity index (χ4v) is 2.31. The highest BCUT2D eigenvalue weighted by molar-refractivity contribution is 7.80. The van der Waals surface area contributed by atoms with Crippen molar-refractivity contribution >= 4 is 40.7 Å². The Morgan fingerprint density at radius 3 is 2.65 bits per heavy atom. The monoisotopic (exact) mass is 336 g/mol. The van der Waals surface area contributed by atoms with Crippen LogP contribution in [0, 0.1) is 0 Å². The van der Waals surface area contributed by atoms with Gasteiger partial charge in [-0.15, -0.1) is 0 Å². The molecule has 122 valence electrons. The largest absolute Gasteiger partial charge is 0.362 e. The van der Waals surface area contributed by atoms with Crippen LogP contribution in [0.1, 0.15) is 40.0 Å². The molecule has 0 unspecified atom stereocenters. The zero-order chi connectivity index (χ0) is 16.8. The van der Waals surface area contributed by atoms with Gasteiger partial charge in [0.1, 0.15) is 0 Å². The third-order valence-corrected chi connectivity index (χ3v) is 3.48. The lowest BCUT2D eigenvalue weighted by molar-refractivity contribution is -0.129. The Labute approximate surface area is 137 Å². The number of carbonyl (C=O) groups excluding carboxylic acids is 3. The molecule has 1 aromatic rings. The molecule has 5 N–H and O–H groups in total. The summed E-state index contributed by atoms with van der Waals surface area (Å²) in [6, 6.07) is 4.79. The fourth-order valence-electron chi connectivity index (χ4n) is 2.09. The molecule has 1 heterocycles. The number of fused-ring (bicyclic) bond motifs is 1. The predicted molar refractivity (Wildman–Crippen MR) is 86.2 cm³/mol. The van der Waals surface area contributed by atoms with Crippen molar-refractivity contribution in [2.45, 2.75) is 19.3 Å². The molecule has 0 saturated carbocycles. The molecule has 1 aliphatic heterocycles. The van der Waals surface area contributed by atoms with Crippen molar-refractivity contribution in [1.82, 2.24) is 16.1 Å². The van der Waals surface area contributed by atoms with E-state index in [1.165, 1.54) is 0 Å². The topological polar surface area (TPSA) is 120 Å². The van der Waals surface area contributed by atoms with Crippen molar-refractivity contribution in [2.75, 3.05) is 11.9 Å². The van der Waals surface area contributed by atoms with E-state index in [-0.39, 0.29) is 6.42 Å². The number of thiocarbonyl (C=S) groups is 1. The lowest BCUT2D eigenvalue weighted by Crippen LogP contribution is -2.29. The van der Waals surface area contributed by atoms with Crippen LogP contribution in [0.4, 0.5) is 5.69 Å². The summed E-state index contributed by atoms with van der Waals surface area (Å²) in [5.41, 5.74) is 2.84. The van der Waals surface area contributed by atoms with Crippen molar-refractivity contribution in [1.29, 1.82) is 0 Å². The first-order chi connectivity index (χ1) is 11.0. The maximum Gasteiger partial charge on any atom is 0.259 e. The van der Waals surface area contributed by atoms with E-state index < -0.39 is 17.7 Å². The molecule has 2 rings (SSSR count). The number of carbonyl (C=O) groups is 3. The molecule has 0 aliphatic carbocycles. The first kappa shape index (κ1) is 16.8. The summed E-state index contributed by atoms with van der Waals surface area (Å²) in [6.45, 7) is 0.564. The van der Waals surface area contributed by atoms with Crippen LogP contribution in [0.3, 0.4) is 0 Å². The van der Waals surface area contributed by atoms with Crippen LogP contribution in [0.5, 0.6) is 0 Å². The van der Waals surface area contributed by atoms with Gasteiger partial charge in [-0.25, -0.2) is 5.48 Å². The molecule has 8 nitrogen and oxygen atoms in total. The van der Waals surface area contributed by atoms with E-state index in [0.717, 1.165) is 0 Å². The van der Waals surface area contributed by atoms with E-state index in [4.69, 9.17) is 17.4 Å². The summed E-state index contributed by atoms with van der Waals surface area (Å²) < 4.78 is 0. The zero-order valence-corrected chi connectivity index (χ0v) is 13.0. The minimum Gasteiger partial charge on any atom is -0.362 e. The SMILES string of the molecule is O=C(CCCCNC(=S)Nc1ccc2c(c1)C(=O)NC2=O)NO. The number of hydroxylamine groups is 1. The van der Waals surface area contributed by atoms with Crippen LogP contribution in [0.25, 0.3) is 0 Å². The predicted octanol–water partition coefficient (Wildman–Crippen LogP) is 0.532. The number of imide groups is 1. The summed E-state index contributed by atoms with van der Waals surface area (Å²) in [6.07, 6.45) is 1.56. The molecule has 0 bridgehead atoms. The van der Waals surface area contributed by atoms with Crippen LogP contribution in [-0.4, -0.2) is 34.6 Å². The van der Waals surface area contributed by atoms with Gasteiger partial charge in [-0.2, -0.15) is 0 Å². The molecule has 0 aromatic heterocycles. The van der Waals surface area contributed by atoms with Gasteiger partial charge in [0.25, 0.3) is 11.8 Å². The van der Waals surface area contributed by atoms with Crippen LogP contribution in [0.2, 0.25) is 0 Å². The van der Waals surface area contributed by atoms with E-state index in [1.54, 1.807) is 23.7 Å². The Morgan fingerprint density at radius 1 is 1.17 bits per heavy atom. The highest BCUT2D eigenvalue weighted by atomic mass is 32.1. The van der Waals surface area contributed by atoms with Crippen molar-refractivity contribution < 1.29 is 19.6 Å². The maximum absolute atomic E-state index is 11.6. The van der Waals surface area contributed by atoms with E-state index in [2.05, 4.69) is 16.0 Å². The highest BCUT2D eigenvalue weighted by Crippen LogP contribution is 2.20. The number of rotatable bonds is 6. The van der Waals surface area contributed by atoms with Crippen molar-refractivity contribution in [3.05, 3.63) is 29.3 Å². The summed E-state index contributed by atoms with van der Waals surface area (Å²) in [7, 11) is 0. The number of unbranched alkanes of at least 4 members (excludes halogenated alkanes) is 1. The van der Waals surface area contributed by atoms with Crippen molar-refractivity contribution in [2.24, 2.45) is 0 Å². The highest BCUT2D eigenvalue weighted by Gasteiger charge is 2.26. The standard InChI is InChI=1S/C14H16N4O4S/c19-11(18-22)3-1-2-6-15-14(23)16-8-4-5-9-10(7-8)13(21)17-12(9)20/h4-5,7,22H,1-3,6H2,(H,18,19)(H2,15,16,23)(H,17,20,21). The van der Waals surface area contributed by atoms with Gasteiger partial charge >= 0.3 is 0 Å². The number of benzene rings is 1. The second kappa shape index (κ2) is 7.65. The molecule has 1 aromatic carbocycles. The number of hydrogen-bond acceptors (Lipinski definition) is 5. The Balaban J connectivity index is 1.78. The molecular weight excluding hydrogens is 320 g/mol. The van der Waals surface area contributed by atoms with Crippen molar-refractivity contribution in [3.8, 4) is 0 Å². The quantitative estimate of drug-likeness (QED) is 0.169. The summed E-state index contributed by atoms with van der Waals surface area (Å²) in [4.78, 5) is 33.8. The lowest BCUT2D eigenvalue weighted by Gasteiger charge is -2.11. The van der Waals surface area contributed by atoms with Gasteiger partial charge in [0.15, 0.2) is 5.11 Å². The van der Waals surface area contributed by atoms with Crippen LogP contribution in [0.15, 0.2) is 18.2 Å². The van der Waals surface area contributed by atoms with E-state index in [1.807, 2.05) is 0 Å². The molecule has 3 amide bonds. The smallest absolute Gasteiger partial charge is 0.259 e. The third-order valence-electron chi connectivity index (χ3n) is 3.23. The maximum atomic E-state index is 11.6. The van der Waals surface area contributed by atoms with Crippen LogP contribution >= 0.6 is 12.2 Å². The average molecular weight is 336 g/mol. The van der Waals surface area contributed by atoms with E-state index in [0.29, 0.717) is 41.3 Å². The van der Waals surface area contributed by atoms with Gasteiger partial charge in [-0.3, -0.25) is 24.9 Å². The summed E-state index contributed by atoms with van der Waals surface area (Å²) >= 11 is 5.13. The van der Waals surface area contributed by atoms with E-state index in [9.17, 15) is 14.4 Å². The van der Waals surface area contributed by atoms with Gasteiger partial charge in [0, 0.05) is 18.7 Å². The Hall–Kier alpha value is -2.52. The molecule has 0 spiro atoms. The molecule has 23 heavy (non-hydrogen) atoms. The molecular formula is C14H16N4O4S. The molecule has 0 fully saturated rings. The normalized spacial score (nSPS) is 12.4. The fraction of sp³-hybridized carbons (Fsp3) is 0.286. The third kappa shape index (κ3) is 4.47. The average Bonchev–Trinajstić information content (AvgIpc) is 2.81. The van der Waals surface area contributed by atoms with Gasteiger partial charge in [0.05, 0.1) is 11.1 Å². The first-order valence-electron chi connectivity index (χ1n) is 6.99. The number of anilines is 1. The Kier molecular flexibility index (Phi) is 5.61. The minimum absolute atomic E-state index is 0.242. The Bertz CT molecular complexity index is 662. The van der Waals surface area contributed by atoms with Gasteiger partial charge in [-0.05, 0) is 43.3 Å². The Morgan fingerprint density at radius 2 is 1.91 bits per heavy atom. The second-order valence-corrected chi connectivity index (χ2v) is 5.32. The second-order valence-electron chi connectivity index (χ2n) is 4.92. The summed E-state index contributed by atoms with van der Waals surface area (Å²) in [5, 5.41) is 16.8. The molecule has 0 radical (unpaired) electrons. The molecule has 0 saturated heterocycles. The van der Waals surface area contributed by atoms with Gasteiger partial charge in [0.2, 0.25) is 5.91 Å². The van der Waals surface area contributed by atoms with Gasteiger partial charge in [-0.1, -0.05) is 0 Å². The summed E-state index contributed by atoms with van der Waals surface area (Å²) in [5.74, 6) is -1.24. The van der Waals surface area contributed by atoms with E-state index >= 15 is 0 Å². The number of hydrogen-bond donors (Lipinski definition) is 5. The van der Waals surface area contributed by atoms with Crippen molar-refractivity contribution in [3.63, 3.8) is 0 Å². The van der Waals surface area contributed by atoms with Gasteiger partial charge < -0.3 is 10.6 Å². The van der Waals surface area contributed by atoms with Crippen LogP contribution in [-0.2, 0) is 4.79 Å². The van der Waals surface area contributed by atoms with Crippen LogP contribution < -0.4 is 21.4 Å². The molecule has 0 atom stereocenters. The number of nitrogens with one attached hydrogen (secondary N) is 4. The zero-order valence-electron chi connectivity index (χ0n) is 12.1. The molecule has 1 aliphatic rings. The minimum atomic E-state index is -0.422. The number of amides is 3. The first-order valence-corrected chi connectivity index (χ1v) is 7.39. The lowest BCUT2D eigenvalue weighted by atomic mass is 10.1. The molecule has 9 heteroatoms.